The molecule has 2 heterocycles. The summed E-state index contributed by atoms with van der Waals surface area (Å²) in [5.41, 5.74) is 0.627. The quantitative estimate of drug-likeness (QED) is 0.372. The average Bonchev–Trinajstić information content (AvgIpc) is 3.29. The number of carbonyl (C=O) groups excluding carboxylic acids is 5. The average molecular weight is 534 g/mol. The van der Waals surface area contributed by atoms with Crippen LogP contribution in [0, 0.1) is 0 Å². The van der Waals surface area contributed by atoms with Crippen molar-refractivity contribution in [3.8, 4) is 0 Å². The molecule has 0 unspecified atom stereocenters. The first-order valence-electron chi connectivity index (χ1n) is 12.2. The van der Waals surface area contributed by atoms with Gasteiger partial charge in [0.1, 0.15) is 24.2 Å². The van der Waals surface area contributed by atoms with Crippen LogP contribution in [-0.2, 0) is 24.0 Å². The highest BCUT2D eigenvalue weighted by Crippen LogP contribution is 2.26. The Kier molecular flexibility index (Phi) is 9.65. The first-order chi connectivity index (χ1) is 17.7. The predicted molar refractivity (Wildman–Crippen MR) is 135 cm³/mol. The largest absolute Gasteiger partial charge is 0.394 e. The minimum atomic E-state index is -1.32. The number of amides is 5. The molecule has 11 nitrogen and oxygen atoms in total. The summed E-state index contributed by atoms with van der Waals surface area (Å²) in [6.45, 7) is 2.70. The molecule has 1 saturated heterocycles. The smallest absolute Gasteiger partial charge is 0.249 e. The summed E-state index contributed by atoms with van der Waals surface area (Å²) in [7, 11) is 0. The lowest BCUT2D eigenvalue weighted by atomic mass is 10.0. The molecule has 3 rings (SSSR count). The number of hydrogen-bond donors (Lipinski definition) is 5. The molecule has 0 aromatic heterocycles. The van der Waals surface area contributed by atoms with E-state index in [2.05, 4.69) is 21.3 Å². The normalized spacial score (nSPS) is 28.0. The van der Waals surface area contributed by atoms with Crippen LogP contribution >= 0.6 is 11.6 Å². The molecule has 0 aliphatic carbocycles. The number of fused-ring (bicyclic) bond motifs is 1. The van der Waals surface area contributed by atoms with E-state index in [1.54, 1.807) is 44.2 Å². The highest BCUT2D eigenvalue weighted by atomic mass is 35.5. The van der Waals surface area contributed by atoms with Crippen molar-refractivity contribution in [1.29, 1.82) is 0 Å². The molecule has 0 spiro atoms. The minimum absolute atomic E-state index is 0.0549. The zero-order valence-electron chi connectivity index (χ0n) is 20.7. The Morgan fingerprint density at radius 1 is 0.838 bits per heavy atom. The van der Waals surface area contributed by atoms with Crippen LogP contribution in [0.2, 0.25) is 0 Å². The maximum atomic E-state index is 13.3. The Labute approximate surface area is 220 Å². The number of nitrogens with one attached hydrogen (secondary N) is 4. The molecule has 1 aromatic rings. The van der Waals surface area contributed by atoms with Crippen molar-refractivity contribution in [2.45, 2.75) is 69.7 Å². The third-order valence-electron chi connectivity index (χ3n) is 6.37. The minimum Gasteiger partial charge on any atom is -0.394 e. The number of rotatable bonds is 4. The van der Waals surface area contributed by atoms with Crippen LogP contribution in [-0.4, -0.2) is 70.3 Å². The van der Waals surface area contributed by atoms with Crippen LogP contribution in [0.25, 0.3) is 0 Å². The van der Waals surface area contributed by atoms with Gasteiger partial charge in [-0.25, -0.2) is 0 Å². The maximum absolute atomic E-state index is 13.3. The van der Waals surface area contributed by atoms with E-state index in [0.29, 0.717) is 5.56 Å². The van der Waals surface area contributed by atoms with E-state index in [9.17, 15) is 29.1 Å². The van der Waals surface area contributed by atoms with E-state index in [-0.39, 0.29) is 30.7 Å². The topological polar surface area (TPSA) is 157 Å². The molecule has 0 bridgehead atoms. The van der Waals surface area contributed by atoms with Gasteiger partial charge in [0.15, 0.2) is 0 Å². The highest BCUT2D eigenvalue weighted by Gasteiger charge is 2.39. The molecule has 0 radical (unpaired) electrons. The lowest BCUT2D eigenvalue weighted by Gasteiger charge is -2.30. The molecule has 0 saturated carbocycles. The van der Waals surface area contributed by atoms with Gasteiger partial charge in [-0.2, -0.15) is 0 Å². The molecule has 5 amide bonds. The number of nitrogens with zero attached hydrogens (tertiary/aromatic N) is 1. The fraction of sp³-hybridized carbons (Fsp3) is 0.480. The van der Waals surface area contributed by atoms with Crippen molar-refractivity contribution in [3.05, 3.63) is 47.1 Å². The highest BCUT2D eigenvalue weighted by molar-refractivity contribution is 6.30. The summed E-state index contributed by atoms with van der Waals surface area (Å²) >= 11 is 6.17. The Hall–Kier alpha value is -3.44. The molecule has 12 heteroatoms. The Bertz CT molecular complexity index is 1060. The molecule has 2 aliphatic rings. The summed E-state index contributed by atoms with van der Waals surface area (Å²) in [6, 6.07) is 3.66. The van der Waals surface area contributed by atoms with Crippen molar-refractivity contribution in [3.63, 3.8) is 0 Å². The van der Waals surface area contributed by atoms with Crippen LogP contribution < -0.4 is 21.3 Å². The predicted octanol–water partition coefficient (Wildman–Crippen LogP) is 0.195. The van der Waals surface area contributed by atoms with Gasteiger partial charge in [-0.3, -0.25) is 24.0 Å². The van der Waals surface area contributed by atoms with E-state index >= 15 is 0 Å². The van der Waals surface area contributed by atoms with Gasteiger partial charge in [-0.15, -0.1) is 0 Å². The molecular weight excluding hydrogens is 502 g/mol. The molecule has 37 heavy (non-hydrogen) atoms. The van der Waals surface area contributed by atoms with Crippen molar-refractivity contribution in [2.75, 3.05) is 6.61 Å². The molecule has 5 N–H and O–H groups in total. The summed E-state index contributed by atoms with van der Waals surface area (Å²) in [5.74, 6) is -3.01. The fourth-order valence-corrected chi connectivity index (χ4v) is 4.52. The van der Waals surface area contributed by atoms with Crippen LogP contribution in [0.3, 0.4) is 0 Å². The third-order valence-corrected chi connectivity index (χ3v) is 6.62. The van der Waals surface area contributed by atoms with E-state index in [0.717, 1.165) is 0 Å². The molecule has 5 atom stereocenters. The standard InChI is InChI=1S/C25H32ClN5O6/c1-3-16-22(34)30-19(13-32)23(35)29-18(14-8-6-5-7-9-14)11-21(33)27-17(4-2)25(37)31-12-15(26)10-20(31)24(36)28-16/h5-9,12,16-20,32H,3-4,10-11,13H2,1-2H3,(H,27,33)(H,28,36)(H,29,35)(H,30,34)/t16-,17-,18+,19-,20-/m0/s1. The van der Waals surface area contributed by atoms with Crippen molar-refractivity contribution >= 4 is 41.1 Å². The van der Waals surface area contributed by atoms with Crippen molar-refractivity contribution in [2.24, 2.45) is 0 Å². The Morgan fingerprint density at radius 2 is 1.46 bits per heavy atom. The molecule has 2 aliphatic heterocycles. The van der Waals surface area contributed by atoms with Gasteiger partial charge in [-0.1, -0.05) is 55.8 Å². The number of benzene rings is 1. The molecule has 1 aromatic carbocycles. The lowest BCUT2D eigenvalue weighted by Crippen LogP contribution is -2.58. The van der Waals surface area contributed by atoms with E-state index in [1.807, 2.05) is 0 Å². The van der Waals surface area contributed by atoms with E-state index in [1.165, 1.54) is 11.1 Å². The monoisotopic (exact) mass is 533 g/mol. The second kappa shape index (κ2) is 12.7. The molecule has 200 valence electrons. The summed E-state index contributed by atoms with van der Waals surface area (Å²) < 4.78 is 0. The summed E-state index contributed by atoms with van der Waals surface area (Å²) in [4.78, 5) is 66.5. The van der Waals surface area contributed by atoms with Gasteiger partial charge in [0, 0.05) is 17.7 Å². The summed E-state index contributed by atoms with van der Waals surface area (Å²) in [6.07, 6.45) is 1.65. The number of carbonyl (C=O) groups is 5. The second-order valence-electron chi connectivity index (χ2n) is 8.96. The van der Waals surface area contributed by atoms with Gasteiger partial charge >= 0.3 is 0 Å². The van der Waals surface area contributed by atoms with E-state index < -0.39 is 66.4 Å². The number of halogens is 1. The van der Waals surface area contributed by atoms with E-state index in [4.69, 9.17) is 11.6 Å². The van der Waals surface area contributed by atoms with Crippen molar-refractivity contribution in [1.82, 2.24) is 26.2 Å². The van der Waals surface area contributed by atoms with Crippen molar-refractivity contribution < 1.29 is 29.1 Å². The first-order valence-corrected chi connectivity index (χ1v) is 12.6. The summed E-state index contributed by atoms with van der Waals surface area (Å²) in [5, 5.41) is 20.6. The third kappa shape index (κ3) is 6.86. The van der Waals surface area contributed by atoms with Gasteiger partial charge < -0.3 is 31.3 Å². The van der Waals surface area contributed by atoms with Crippen LogP contribution in [0.4, 0.5) is 0 Å². The molecule has 1 fully saturated rings. The Morgan fingerprint density at radius 3 is 2.08 bits per heavy atom. The zero-order chi connectivity index (χ0) is 27.1. The van der Waals surface area contributed by atoms with Gasteiger partial charge in [0.25, 0.3) is 0 Å². The lowest BCUT2D eigenvalue weighted by molar-refractivity contribution is -0.141. The van der Waals surface area contributed by atoms with Crippen LogP contribution in [0.5, 0.6) is 0 Å². The first kappa shape index (κ1) is 28.1. The maximum Gasteiger partial charge on any atom is 0.249 e. The second-order valence-corrected chi connectivity index (χ2v) is 9.44. The fourth-order valence-electron chi connectivity index (χ4n) is 4.27. The zero-order valence-corrected chi connectivity index (χ0v) is 21.5. The van der Waals surface area contributed by atoms with Crippen LogP contribution in [0.1, 0.15) is 51.1 Å². The Balaban J connectivity index is 1.98. The van der Waals surface area contributed by atoms with Gasteiger partial charge in [0.05, 0.1) is 19.1 Å². The number of hydrogen-bond acceptors (Lipinski definition) is 6. The number of aliphatic hydroxyl groups excluding tert-OH is 1. The molecular formula is C25H32ClN5O6. The number of aliphatic hydroxyl groups is 1. The van der Waals surface area contributed by atoms with Gasteiger partial charge in [0.2, 0.25) is 29.5 Å². The SMILES string of the molecule is CC[C@@H]1NC(=O)[C@@H]2CC(Cl)=CN2C(=O)[C@H](CC)NC(=O)C[C@H](c2ccccc2)NC(=O)[C@H](CO)NC1=O. The van der Waals surface area contributed by atoms with Crippen LogP contribution in [0.15, 0.2) is 41.6 Å². The van der Waals surface area contributed by atoms with Gasteiger partial charge in [-0.05, 0) is 18.4 Å².